The van der Waals surface area contributed by atoms with E-state index in [9.17, 15) is 10.1 Å². The number of benzene rings is 1. The maximum atomic E-state index is 14.3. The molecule has 2 aliphatic carbocycles. The molecule has 7 heteroatoms. The first-order chi connectivity index (χ1) is 15.5. The Bertz CT molecular complexity index is 995. The highest BCUT2D eigenvalue weighted by Crippen LogP contribution is 2.63. The van der Waals surface area contributed by atoms with Crippen LogP contribution < -0.4 is 5.73 Å². The molecule has 7 nitrogen and oxygen atoms in total. The number of nitrogens with zero attached hydrogens (tertiary/aromatic N) is 3. The van der Waals surface area contributed by atoms with E-state index in [0.717, 1.165) is 62.7 Å². The topological polar surface area (TPSA) is 101 Å². The number of fused-ring (bicyclic) bond motifs is 3. The van der Waals surface area contributed by atoms with Crippen LogP contribution in [0.1, 0.15) is 62.1 Å². The summed E-state index contributed by atoms with van der Waals surface area (Å²) in [5.41, 5.74) is 7.56. The van der Waals surface area contributed by atoms with E-state index in [1.54, 1.807) is 12.0 Å². The molecule has 0 aromatic heterocycles. The summed E-state index contributed by atoms with van der Waals surface area (Å²) >= 11 is 0. The molecule has 2 fully saturated rings. The number of carbonyl (C=O) groups excluding carboxylic acids is 1. The highest BCUT2D eigenvalue weighted by Gasteiger charge is 2.67. The summed E-state index contributed by atoms with van der Waals surface area (Å²) < 4.78 is 11.6. The number of hydrogen-bond donors (Lipinski definition) is 1. The van der Waals surface area contributed by atoms with Gasteiger partial charge in [0.2, 0.25) is 0 Å². The van der Waals surface area contributed by atoms with E-state index in [2.05, 4.69) is 13.0 Å². The zero-order valence-electron chi connectivity index (χ0n) is 19.0. The Kier molecular flexibility index (Phi) is 5.26. The van der Waals surface area contributed by atoms with Crippen LogP contribution in [-0.4, -0.2) is 49.2 Å². The molecule has 5 atom stereocenters. The van der Waals surface area contributed by atoms with E-state index in [-0.39, 0.29) is 29.5 Å². The number of guanidine groups is 1. The second-order valence-corrected chi connectivity index (χ2v) is 9.86. The fourth-order valence-electron chi connectivity index (χ4n) is 6.78. The van der Waals surface area contributed by atoms with Crippen LogP contribution in [0.2, 0.25) is 0 Å². The molecule has 2 N–H and O–H groups in total. The Balaban J connectivity index is 1.61. The first-order valence-electron chi connectivity index (χ1n) is 11.8. The lowest BCUT2D eigenvalue weighted by molar-refractivity contribution is -0.141. The van der Waals surface area contributed by atoms with Crippen molar-refractivity contribution in [1.29, 1.82) is 5.26 Å². The largest absolute Gasteiger partial charge is 0.381 e. The van der Waals surface area contributed by atoms with Gasteiger partial charge in [0.15, 0.2) is 11.5 Å². The summed E-state index contributed by atoms with van der Waals surface area (Å²) in [6.07, 6.45) is 6.48. The van der Waals surface area contributed by atoms with Crippen LogP contribution in [0, 0.1) is 22.7 Å². The van der Waals surface area contributed by atoms with Crippen LogP contribution in [0.3, 0.4) is 0 Å². The predicted molar refractivity (Wildman–Crippen MR) is 120 cm³/mol. The third-order valence-electron chi connectivity index (χ3n) is 8.36. The summed E-state index contributed by atoms with van der Waals surface area (Å²) in [6.45, 7) is 3.36. The Morgan fingerprint density at radius 3 is 2.94 bits per heavy atom. The monoisotopic (exact) mass is 436 g/mol. The average molecular weight is 437 g/mol. The van der Waals surface area contributed by atoms with Crippen molar-refractivity contribution in [3.8, 4) is 6.07 Å². The third kappa shape index (κ3) is 2.93. The molecular weight excluding hydrogens is 404 g/mol. The summed E-state index contributed by atoms with van der Waals surface area (Å²) in [7, 11) is 1.78. The number of nitrogens with two attached hydrogens (primary N) is 1. The molecule has 1 amide bonds. The van der Waals surface area contributed by atoms with Gasteiger partial charge in [0, 0.05) is 19.1 Å². The molecule has 0 bridgehead atoms. The average Bonchev–Trinajstić information content (AvgIpc) is 3.48. The smallest absolute Gasteiger partial charge is 0.262 e. The number of carbonyl (C=O) groups is 1. The van der Waals surface area contributed by atoms with Crippen molar-refractivity contribution in [1.82, 2.24) is 4.90 Å². The van der Waals surface area contributed by atoms with Crippen molar-refractivity contribution in [2.75, 3.05) is 20.3 Å². The summed E-state index contributed by atoms with van der Waals surface area (Å²) in [5.74, 6) is 0.582. The van der Waals surface area contributed by atoms with Gasteiger partial charge in [-0.05, 0) is 67.7 Å². The predicted octanol–water partition coefficient (Wildman–Crippen LogP) is 2.86. The standard InChI is InChI=1S/C25H32N4O3/c1-3-17-12-24(9-8-21(17)31-2)13-18-7-6-16(14-26)11-20(18)25(24)22(30)29(23(27)28-25)15-19-5-4-10-32-19/h6-7,11,17,19,21H,3-5,8-10,12-13,15H2,1-2H3,(H2,27,28)/t17-,19?,21-,24-,25+/m0/s1. The maximum absolute atomic E-state index is 14.3. The van der Waals surface area contributed by atoms with Crippen LogP contribution in [0.5, 0.6) is 0 Å². The molecule has 2 heterocycles. The second-order valence-electron chi connectivity index (χ2n) is 9.86. The normalized spacial score (nSPS) is 36.0. The minimum absolute atomic E-state index is 0.00210. The number of hydrogen-bond acceptors (Lipinski definition) is 6. The zero-order valence-corrected chi connectivity index (χ0v) is 19.0. The Labute approximate surface area is 189 Å². The van der Waals surface area contributed by atoms with Crippen LogP contribution in [-0.2, 0) is 26.2 Å². The van der Waals surface area contributed by atoms with Crippen LogP contribution in [0.25, 0.3) is 0 Å². The SMILES string of the molecule is CC[C@H]1C[C@@]2(CC[C@@H]1OC)Cc1ccc(C#N)cc1[C@]21N=C(N)N(CC2CCCO2)C1=O. The summed E-state index contributed by atoms with van der Waals surface area (Å²) in [6, 6.07) is 7.97. The number of methoxy groups -OCH3 is 1. The van der Waals surface area contributed by atoms with E-state index in [1.165, 1.54) is 0 Å². The van der Waals surface area contributed by atoms with E-state index in [1.807, 2.05) is 18.2 Å². The van der Waals surface area contributed by atoms with Crippen molar-refractivity contribution in [3.63, 3.8) is 0 Å². The zero-order chi connectivity index (χ0) is 22.5. The molecule has 1 unspecified atom stereocenters. The minimum Gasteiger partial charge on any atom is -0.381 e. The molecule has 2 spiro atoms. The van der Waals surface area contributed by atoms with E-state index in [4.69, 9.17) is 20.2 Å². The molecule has 5 rings (SSSR count). The Morgan fingerprint density at radius 2 is 2.25 bits per heavy atom. The molecule has 170 valence electrons. The lowest BCUT2D eigenvalue weighted by atomic mass is 9.58. The van der Waals surface area contributed by atoms with Crippen LogP contribution in [0.4, 0.5) is 0 Å². The molecule has 0 radical (unpaired) electrons. The van der Waals surface area contributed by atoms with Gasteiger partial charge in [-0.2, -0.15) is 5.26 Å². The maximum Gasteiger partial charge on any atom is 0.262 e. The van der Waals surface area contributed by atoms with Crippen molar-refractivity contribution in [2.24, 2.45) is 22.1 Å². The van der Waals surface area contributed by atoms with Crippen LogP contribution in [0.15, 0.2) is 23.2 Å². The molecule has 1 aromatic carbocycles. The minimum atomic E-state index is -1.07. The van der Waals surface area contributed by atoms with Gasteiger partial charge >= 0.3 is 0 Å². The van der Waals surface area contributed by atoms with Crippen molar-refractivity contribution < 1.29 is 14.3 Å². The van der Waals surface area contributed by atoms with Crippen molar-refractivity contribution >= 4 is 11.9 Å². The quantitative estimate of drug-likeness (QED) is 0.782. The molecule has 2 aliphatic heterocycles. The molecule has 1 aromatic rings. The highest BCUT2D eigenvalue weighted by molar-refractivity contribution is 6.08. The number of nitriles is 1. The highest BCUT2D eigenvalue weighted by atomic mass is 16.5. The molecule has 32 heavy (non-hydrogen) atoms. The van der Waals surface area contributed by atoms with Gasteiger partial charge in [-0.1, -0.05) is 19.4 Å². The first-order valence-corrected chi connectivity index (χ1v) is 11.8. The molecular formula is C25H32N4O3. The van der Waals surface area contributed by atoms with Gasteiger partial charge < -0.3 is 15.2 Å². The fourth-order valence-corrected chi connectivity index (χ4v) is 6.78. The Hall–Kier alpha value is -2.43. The Morgan fingerprint density at radius 1 is 1.41 bits per heavy atom. The summed E-state index contributed by atoms with van der Waals surface area (Å²) in [5, 5.41) is 9.57. The second kappa shape index (κ2) is 7.86. The third-order valence-corrected chi connectivity index (χ3v) is 8.36. The number of aliphatic imine (C=N–C) groups is 1. The number of amides is 1. The molecule has 1 saturated heterocycles. The van der Waals surface area contributed by atoms with E-state index in [0.29, 0.717) is 18.0 Å². The lowest BCUT2D eigenvalue weighted by Crippen LogP contribution is -2.54. The first kappa shape index (κ1) is 21.4. The number of rotatable bonds is 4. The number of ether oxygens (including phenoxy) is 2. The van der Waals surface area contributed by atoms with Crippen molar-refractivity contribution in [2.45, 2.75) is 69.6 Å². The lowest BCUT2D eigenvalue weighted by Gasteiger charge is -2.48. The summed E-state index contributed by atoms with van der Waals surface area (Å²) in [4.78, 5) is 20.9. The van der Waals surface area contributed by atoms with Gasteiger partial charge in [0.1, 0.15) is 0 Å². The van der Waals surface area contributed by atoms with Crippen LogP contribution >= 0.6 is 0 Å². The van der Waals surface area contributed by atoms with Gasteiger partial charge in [0.25, 0.3) is 5.91 Å². The van der Waals surface area contributed by atoms with Gasteiger partial charge in [0.05, 0.1) is 30.4 Å². The van der Waals surface area contributed by atoms with Gasteiger partial charge in [-0.3, -0.25) is 9.69 Å². The van der Waals surface area contributed by atoms with Crippen molar-refractivity contribution in [3.05, 3.63) is 34.9 Å². The molecule has 1 saturated carbocycles. The van der Waals surface area contributed by atoms with Gasteiger partial charge in [-0.15, -0.1) is 0 Å². The fraction of sp³-hybridized carbons (Fsp3) is 0.640. The van der Waals surface area contributed by atoms with Gasteiger partial charge in [-0.25, -0.2) is 4.99 Å². The van der Waals surface area contributed by atoms with E-state index < -0.39 is 5.54 Å². The van der Waals surface area contributed by atoms with E-state index >= 15 is 0 Å². The molecule has 4 aliphatic rings.